The Hall–Kier alpha value is -0.0878. The van der Waals surface area contributed by atoms with Crippen LogP contribution in [0.5, 0.6) is 0 Å². The molecule has 0 bridgehead atoms. The minimum Gasteiger partial charge on any atom is -0.625 e. The molecule has 1 fully saturated rings. The van der Waals surface area contributed by atoms with Gasteiger partial charge in [0.2, 0.25) is 5.91 Å². The smallest absolute Gasteiger partial charge is 0.226 e. The zero-order valence-electron chi connectivity index (χ0n) is 16.4. The number of para-hydroxylation sites is 1. The van der Waals surface area contributed by atoms with E-state index < -0.39 is 18.1 Å². The van der Waals surface area contributed by atoms with Gasteiger partial charge in [0.05, 0.1) is 24.0 Å². The maximum absolute atomic E-state index is 12.5. The van der Waals surface area contributed by atoms with Crippen molar-refractivity contribution in [2.45, 2.75) is 51.2 Å². The minimum absolute atomic E-state index is 0. The van der Waals surface area contributed by atoms with E-state index in [1.807, 2.05) is 24.3 Å². The van der Waals surface area contributed by atoms with Crippen molar-refractivity contribution in [2.24, 2.45) is 11.8 Å². The molecule has 3 rings (SSSR count). The van der Waals surface area contributed by atoms with E-state index in [4.69, 9.17) is 0 Å². The molecule has 2 amide bonds. The van der Waals surface area contributed by atoms with Gasteiger partial charge in [0.25, 0.3) is 0 Å². The number of aliphatic hydroxyl groups is 1. The van der Waals surface area contributed by atoms with Crippen LogP contribution in [0.3, 0.4) is 0 Å². The Morgan fingerprint density at radius 2 is 1.89 bits per heavy atom. The van der Waals surface area contributed by atoms with Crippen LogP contribution in [-0.2, 0) is 69.8 Å². The number of hydrogen-bond donors (Lipinski definition) is 2. The molecule has 1 aromatic carbocycles. The van der Waals surface area contributed by atoms with Crippen molar-refractivity contribution < 1.29 is 68.5 Å². The third-order valence-corrected chi connectivity index (χ3v) is 4.74. The fourth-order valence-corrected chi connectivity index (χ4v) is 3.10. The molecule has 1 aliphatic heterocycles. The first-order valence-corrected chi connectivity index (χ1v) is 8.36. The summed E-state index contributed by atoms with van der Waals surface area (Å²) in [6.07, 6.45) is 3.50. The molecule has 1 aromatic rings. The van der Waals surface area contributed by atoms with Crippen LogP contribution in [0.2, 0.25) is 0 Å². The van der Waals surface area contributed by atoms with E-state index in [0.717, 1.165) is 18.4 Å². The zero-order chi connectivity index (χ0) is 16.4. The van der Waals surface area contributed by atoms with Crippen LogP contribution in [0.1, 0.15) is 38.2 Å². The Morgan fingerprint density at radius 3 is 2.48 bits per heavy atom. The van der Waals surface area contributed by atoms with E-state index in [0.29, 0.717) is 30.9 Å². The number of fused-ring (bicyclic) bond motifs is 1. The van der Waals surface area contributed by atoms with Gasteiger partial charge < -0.3 is 35.4 Å². The molecule has 7 heteroatoms. The molecule has 1 heterocycles. The van der Waals surface area contributed by atoms with Crippen molar-refractivity contribution in [3.63, 3.8) is 0 Å². The Morgan fingerprint density at radius 1 is 1.26 bits per heavy atom. The molecular weight excluding hydrogens is 589 g/mol. The number of aliphatic hydroxyl groups excluding tert-OH is 1. The second-order valence-corrected chi connectivity index (χ2v) is 6.70. The number of nitrogens with zero attached hydrogens (tertiary/aromatic N) is 1. The van der Waals surface area contributed by atoms with Gasteiger partial charge >= 0.3 is 0 Å². The molecule has 3 atom stereocenters. The summed E-state index contributed by atoms with van der Waals surface area (Å²) in [5.74, 6) is -0.439. The Labute approximate surface area is 203 Å². The number of carbonyl (C=O) groups excluding carboxylic acids is 2. The van der Waals surface area contributed by atoms with Crippen molar-refractivity contribution in [1.82, 2.24) is 5.32 Å². The third kappa shape index (κ3) is 8.05. The van der Waals surface area contributed by atoms with E-state index in [1.54, 1.807) is 6.92 Å². The fourth-order valence-electron chi connectivity index (χ4n) is 3.10. The third-order valence-electron chi connectivity index (χ3n) is 4.74. The molecule has 1 radical (unpaired) electrons. The molecule has 149 valence electrons. The summed E-state index contributed by atoms with van der Waals surface area (Å²) in [7, 11) is 0. The number of amides is 2. The molecular formula is C20H29N2O3WY-3. The summed E-state index contributed by atoms with van der Waals surface area (Å²) in [5.41, 5.74) is 1.72. The first-order chi connectivity index (χ1) is 11.0. The van der Waals surface area contributed by atoms with Gasteiger partial charge in [-0.1, -0.05) is 42.7 Å². The number of carbonyl (C=O) groups is 2. The molecule has 2 aliphatic rings. The van der Waals surface area contributed by atoms with E-state index in [2.05, 4.69) is 10.6 Å². The molecule has 0 aromatic heterocycles. The number of hydrogen-bond acceptors (Lipinski definition) is 3. The zero-order valence-corrected chi connectivity index (χ0v) is 22.1. The fraction of sp³-hybridized carbons (Fsp3) is 0.500. The van der Waals surface area contributed by atoms with Gasteiger partial charge in [-0.3, -0.25) is 4.79 Å². The summed E-state index contributed by atoms with van der Waals surface area (Å²) in [6, 6.07) is 6.96. The van der Waals surface area contributed by atoms with Gasteiger partial charge in [-0.15, -0.1) is 5.69 Å². The topological polar surface area (TPSA) is 80.5 Å². The number of aryl methyl sites for hydroxylation is 1. The van der Waals surface area contributed by atoms with Crippen molar-refractivity contribution in [3.8, 4) is 0 Å². The van der Waals surface area contributed by atoms with E-state index in [1.165, 1.54) is 0 Å². The first-order valence-electron chi connectivity index (χ1n) is 8.36. The van der Waals surface area contributed by atoms with Crippen LogP contribution in [0.15, 0.2) is 24.3 Å². The molecule has 1 saturated carbocycles. The minimum atomic E-state index is -0.703. The molecule has 5 nitrogen and oxygen atoms in total. The predicted octanol–water partition coefficient (Wildman–Crippen LogP) is 3.34. The van der Waals surface area contributed by atoms with E-state index in [-0.39, 0.29) is 80.4 Å². The van der Waals surface area contributed by atoms with Crippen molar-refractivity contribution in [1.29, 1.82) is 0 Å². The molecule has 1 aliphatic carbocycles. The SMILES string of the molecule is C[C@H](O)[C@@H](CC1CC1)C(=O)N[C@H]1CCc2ccccc2[N-]C1=O.[CH3-].[CH3-].[W].[Y]. The Kier molecular flexibility index (Phi) is 14.2. The molecule has 27 heavy (non-hydrogen) atoms. The van der Waals surface area contributed by atoms with Crippen LogP contribution >= 0.6 is 0 Å². The number of nitrogens with one attached hydrogen (secondary N) is 1. The monoisotopic (exact) mass is 618 g/mol. The predicted molar refractivity (Wildman–Crippen MR) is 100 cm³/mol. The standard InChI is InChI=1S/C18H24N2O3.2CH3.W.Y/c1-11(21)14(10-12-6-7-12)17(22)20-16-9-8-13-4-2-3-5-15(13)19-18(16)23;;;;/h2-5,11-12,14,16,21H,6-10H2,1H3,(H2,19,20,22,23);2*1H3;;/q;2*-1;;/p-1/t11-,14+,16-;;;;/m0..../s1. The first kappa shape index (κ1) is 29.1. The van der Waals surface area contributed by atoms with Gasteiger partial charge in [0.1, 0.15) is 0 Å². The van der Waals surface area contributed by atoms with Crippen LogP contribution in [0.4, 0.5) is 5.69 Å². The van der Waals surface area contributed by atoms with Crippen molar-refractivity contribution in [3.05, 3.63) is 50.0 Å². The maximum atomic E-state index is 12.5. The molecule has 0 unspecified atom stereocenters. The average Bonchev–Trinajstić information content (AvgIpc) is 3.34. The second kappa shape index (κ2) is 13.2. The molecule has 2 N–H and O–H groups in total. The van der Waals surface area contributed by atoms with E-state index in [9.17, 15) is 14.7 Å². The second-order valence-electron chi connectivity index (χ2n) is 6.70. The summed E-state index contributed by atoms with van der Waals surface area (Å²) < 4.78 is 0. The van der Waals surface area contributed by atoms with Crippen LogP contribution < -0.4 is 5.32 Å². The molecule has 0 saturated heterocycles. The number of benzene rings is 1. The number of rotatable bonds is 5. The Bertz CT molecular complexity index is 609. The quantitative estimate of drug-likeness (QED) is 0.498. The van der Waals surface area contributed by atoms with Gasteiger partial charge in [0.15, 0.2) is 0 Å². The van der Waals surface area contributed by atoms with Gasteiger partial charge in [-0.05, 0) is 32.1 Å². The summed E-state index contributed by atoms with van der Waals surface area (Å²) in [4.78, 5) is 24.8. The van der Waals surface area contributed by atoms with Gasteiger partial charge in [-0.25, -0.2) is 0 Å². The van der Waals surface area contributed by atoms with Crippen molar-refractivity contribution >= 4 is 17.5 Å². The normalized spacial score (nSPS) is 19.8. The van der Waals surface area contributed by atoms with Gasteiger partial charge in [-0.2, -0.15) is 0 Å². The summed E-state index contributed by atoms with van der Waals surface area (Å²) in [5, 5.41) is 16.8. The van der Waals surface area contributed by atoms with E-state index >= 15 is 0 Å². The summed E-state index contributed by atoms with van der Waals surface area (Å²) >= 11 is 0. The van der Waals surface area contributed by atoms with Crippen molar-refractivity contribution in [2.75, 3.05) is 0 Å². The molecule has 0 spiro atoms. The summed E-state index contributed by atoms with van der Waals surface area (Å²) in [6.45, 7) is 1.64. The maximum Gasteiger partial charge on any atom is 0.226 e. The Balaban J connectivity index is 0. The van der Waals surface area contributed by atoms with Crippen LogP contribution in [-0.4, -0.2) is 29.1 Å². The average molecular weight is 618 g/mol. The van der Waals surface area contributed by atoms with Crippen LogP contribution in [0.25, 0.3) is 5.32 Å². The van der Waals surface area contributed by atoms with Gasteiger partial charge in [0, 0.05) is 53.8 Å². The largest absolute Gasteiger partial charge is 0.625 e. The van der Waals surface area contributed by atoms with Crippen LogP contribution in [0, 0.1) is 26.7 Å².